The zero-order valence-electron chi connectivity index (χ0n) is 21.7. The number of benzene rings is 3. The molecule has 0 saturated carbocycles. The number of para-hydroxylation sites is 1. The molecule has 3 aromatic carbocycles. The van der Waals surface area contributed by atoms with Crippen LogP contribution in [-0.2, 0) is 32.6 Å². The van der Waals surface area contributed by atoms with E-state index in [-0.39, 0.29) is 11.4 Å². The van der Waals surface area contributed by atoms with Crippen molar-refractivity contribution in [3.63, 3.8) is 0 Å². The number of amides is 2. The fourth-order valence-electron chi connectivity index (χ4n) is 4.03. The molecular weight excluding hydrogens is 545 g/mol. The Hall–Kier alpha value is -3.07. The third-order valence-corrected chi connectivity index (χ3v) is 8.66. The number of nitrogens with one attached hydrogen (secondary N) is 1. The maximum Gasteiger partial charge on any atom is 0.264 e. The fraction of sp³-hybridized carbons (Fsp3) is 0.286. The number of carbonyl (C=O) groups excluding carboxylic acids is 2. The van der Waals surface area contributed by atoms with E-state index in [1.54, 1.807) is 49.4 Å². The van der Waals surface area contributed by atoms with Crippen molar-refractivity contribution in [2.24, 2.45) is 0 Å². The molecule has 0 aromatic heterocycles. The van der Waals surface area contributed by atoms with Crippen LogP contribution in [0, 0.1) is 6.92 Å². The smallest absolute Gasteiger partial charge is 0.264 e. The average molecular weight is 577 g/mol. The van der Waals surface area contributed by atoms with Crippen LogP contribution in [0.5, 0.6) is 0 Å². The number of rotatable bonds is 10. The molecule has 202 valence electrons. The molecule has 0 spiro atoms. The van der Waals surface area contributed by atoms with E-state index < -0.39 is 34.4 Å². The van der Waals surface area contributed by atoms with Gasteiger partial charge in [0, 0.05) is 23.6 Å². The van der Waals surface area contributed by atoms with E-state index in [1.165, 1.54) is 24.1 Å². The summed E-state index contributed by atoms with van der Waals surface area (Å²) in [7, 11) is -2.65. The zero-order chi connectivity index (χ0) is 28.0. The zero-order valence-corrected chi connectivity index (χ0v) is 24.1. The summed E-state index contributed by atoms with van der Waals surface area (Å²) in [6.07, 6.45) is 0.559. The fourth-order valence-corrected chi connectivity index (χ4v) is 5.95. The molecule has 38 heavy (non-hydrogen) atoms. The van der Waals surface area contributed by atoms with Gasteiger partial charge in [0.2, 0.25) is 11.8 Å². The lowest BCUT2D eigenvalue weighted by Crippen LogP contribution is -2.50. The number of hydrogen-bond acceptors (Lipinski definition) is 4. The van der Waals surface area contributed by atoms with Gasteiger partial charge in [-0.05, 0) is 61.7 Å². The normalized spacial score (nSPS) is 12.1. The number of anilines is 1. The molecule has 0 aliphatic heterocycles. The van der Waals surface area contributed by atoms with Gasteiger partial charge in [0.05, 0.1) is 10.6 Å². The Morgan fingerprint density at radius 1 is 0.974 bits per heavy atom. The molecule has 0 saturated heterocycles. The third kappa shape index (κ3) is 6.67. The first kappa shape index (κ1) is 29.5. The molecule has 2 amide bonds. The molecule has 0 aliphatic rings. The lowest BCUT2D eigenvalue weighted by Gasteiger charge is -2.32. The second-order valence-corrected chi connectivity index (χ2v) is 11.6. The van der Waals surface area contributed by atoms with Gasteiger partial charge in [-0.3, -0.25) is 13.9 Å². The van der Waals surface area contributed by atoms with Gasteiger partial charge in [-0.15, -0.1) is 0 Å². The lowest BCUT2D eigenvalue weighted by atomic mass is 10.1. The Labute approximate surface area is 234 Å². The van der Waals surface area contributed by atoms with Gasteiger partial charge < -0.3 is 10.2 Å². The van der Waals surface area contributed by atoms with Gasteiger partial charge in [-0.1, -0.05) is 72.1 Å². The van der Waals surface area contributed by atoms with Crippen LogP contribution in [0.4, 0.5) is 5.69 Å². The van der Waals surface area contributed by atoms with Gasteiger partial charge >= 0.3 is 0 Å². The molecule has 1 N–H and O–H groups in total. The number of halogens is 2. The maximum absolute atomic E-state index is 13.9. The summed E-state index contributed by atoms with van der Waals surface area (Å²) in [6, 6.07) is 17.5. The minimum atomic E-state index is -4.13. The Balaban J connectivity index is 2.09. The van der Waals surface area contributed by atoms with Gasteiger partial charge in [0.15, 0.2) is 0 Å². The minimum absolute atomic E-state index is 0.0166. The molecule has 0 unspecified atom stereocenters. The van der Waals surface area contributed by atoms with Crippen LogP contribution in [0.25, 0.3) is 0 Å². The summed E-state index contributed by atoms with van der Waals surface area (Å²) >= 11 is 12.4. The van der Waals surface area contributed by atoms with Crippen LogP contribution < -0.4 is 9.62 Å². The number of sulfonamides is 1. The molecule has 10 heteroatoms. The highest BCUT2D eigenvalue weighted by Gasteiger charge is 2.33. The molecule has 7 nitrogen and oxygen atoms in total. The van der Waals surface area contributed by atoms with E-state index in [2.05, 4.69) is 5.32 Å². The Morgan fingerprint density at radius 2 is 1.63 bits per heavy atom. The summed E-state index contributed by atoms with van der Waals surface area (Å²) in [6.45, 7) is 4.83. The van der Waals surface area contributed by atoms with Crippen molar-refractivity contribution in [1.82, 2.24) is 10.2 Å². The van der Waals surface area contributed by atoms with Crippen molar-refractivity contribution in [3.8, 4) is 0 Å². The van der Waals surface area contributed by atoms with Crippen LogP contribution in [0.15, 0.2) is 71.6 Å². The standard InChI is InChI=1S/C28H31Cl2N3O4S/c1-5-21-8-6-7-9-26(21)33(38(36,37)24-14-10-19(2)11-15-24)18-27(34)32(20(3)28(35)31-4)17-22-12-13-23(29)16-25(22)30/h6-16,20H,5,17-18H2,1-4H3,(H,31,35)/t20-/m0/s1. The van der Waals surface area contributed by atoms with Crippen molar-refractivity contribution in [3.05, 3.63) is 93.5 Å². The maximum atomic E-state index is 13.9. The van der Waals surface area contributed by atoms with Crippen molar-refractivity contribution < 1.29 is 18.0 Å². The molecule has 3 rings (SSSR count). The number of likely N-dealkylation sites (N-methyl/N-ethyl adjacent to an activating group) is 1. The van der Waals surface area contributed by atoms with Crippen LogP contribution in [0.3, 0.4) is 0 Å². The predicted molar refractivity (Wildman–Crippen MR) is 152 cm³/mol. The molecule has 1 atom stereocenters. The summed E-state index contributed by atoms with van der Waals surface area (Å²) in [5.74, 6) is -0.959. The summed E-state index contributed by atoms with van der Waals surface area (Å²) in [5, 5.41) is 3.32. The van der Waals surface area contributed by atoms with E-state index in [0.717, 1.165) is 15.4 Å². The summed E-state index contributed by atoms with van der Waals surface area (Å²) in [5.41, 5.74) is 2.65. The van der Waals surface area contributed by atoms with Gasteiger partial charge in [-0.2, -0.15) is 0 Å². The van der Waals surface area contributed by atoms with E-state index in [9.17, 15) is 18.0 Å². The summed E-state index contributed by atoms with van der Waals surface area (Å²) < 4.78 is 29.0. The molecule has 0 heterocycles. The summed E-state index contributed by atoms with van der Waals surface area (Å²) in [4.78, 5) is 27.9. The monoisotopic (exact) mass is 575 g/mol. The first-order valence-electron chi connectivity index (χ1n) is 12.1. The Bertz CT molecular complexity index is 1410. The van der Waals surface area contributed by atoms with Gasteiger partial charge in [-0.25, -0.2) is 8.42 Å². The van der Waals surface area contributed by atoms with Crippen LogP contribution in [0.2, 0.25) is 10.0 Å². The highest BCUT2D eigenvalue weighted by atomic mass is 35.5. The third-order valence-electron chi connectivity index (χ3n) is 6.30. The molecule has 0 radical (unpaired) electrons. The van der Waals surface area contributed by atoms with Gasteiger partial charge in [0.1, 0.15) is 12.6 Å². The minimum Gasteiger partial charge on any atom is -0.357 e. The quantitative estimate of drug-likeness (QED) is 0.359. The van der Waals surface area contributed by atoms with Crippen molar-refractivity contribution in [2.45, 2.75) is 44.7 Å². The Morgan fingerprint density at radius 3 is 2.24 bits per heavy atom. The first-order chi connectivity index (χ1) is 18.0. The SMILES string of the molecule is CCc1ccccc1N(CC(=O)N(Cc1ccc(Cl)cc1Cl)[C@@H](C)C(=O)NC)S(=O)(=O)c1ccc(C)cc1. The van der Waals surface area contributed by atoms with Crippen LogP contribution in [-0.4, -0.2) is 44.8 Å². The number of carbonyl (C=O) groups is 2. The van der Waals surface area contributed by atoms with Crippen LogP contribution >= 0.6 is 23.2 Å². The molecule has 3 aromatic rings. The first-order valence-corrected chi connectivity index (χ1v) is 14.3. The lowest BCUT2D eigenvalue weighted by molar-refractivity contribution is -0.139. The predicted octanol–water partition coefficient (Wildman–Crippen LogP) is 5.22. The second kappa shape index (κ2) is 12.7. The van der Waals surface area contributed by atoms with Crippen molar-refractivity contribution >= 4 is 50.7 Å². The van der Waals surface area contributed by atoms with E-state index in [0.29, 0.717) is 27.7 Å². The molecular formula is C28H31Cl2N3O4S. The highest BCUT2D eigenvalue weighted by Crippen LogP contribution is 2.29. The largest absolute Gasteiger partial charge is 0.357 e. The molecule has 0 aliphatic carbocycles. The van der Waals surface area contributed by atoms with Crippen molar-refractivity contribution in [1.29, 1.82) is 0 Å². The number of hydrogen-bond donors (Lipinski definition) is 1. The van der Waals surface area contributed by atoms with Gasteiger partial charge in [0.25, 0.3) is 10.0 Å². The molecule has 0 bridgehead atoms. The highest BCUT2D eigenvalue weighted by molar-refractivity contribution is 7.92. The molecule has 0 fully saturated rings. The van der Waals surface area contributed by atoms with E-state index in [1.807, 2.05) is 26.0 Å². The average Bonchev–Trinajstić information content (AvgIpc) is 2.90. The number of nitrogens with zero attached hydrogens (tertiary/aromatic N) is 2. The van der Waals surface area contributed by atoms with Crippen LogP contribution in [0.1, 0.15) is 30.5 Å². The second-order valence-electron chi connectivity index (χ2n) is 8.85. The Kier molecular flexibility index (Phi) is 9.82. The van der Waals surface area contributed by atoms with E-state index in [4.69, 9.17) is 23.2 Å². The number of aryl methyl sites for hydroxylation is 2. The van der Waals surface area contributed by atoms with E-state index >= 15 is 0 Å². The topological polar surface area (TPSA) is 86.8 Å². The van der Waals surface area contributed by atoms with Crippen molar-refractivity contribution in [2.75, 3.05) is 17.9 Å².